The summed E-state index contributed by atoms with van der Waals surface area (Å²) in [6.45, 7) is 0.218. The molecule has 16 heavy (non-hydrogen) atoms. The fraction of sp³-hybridized carbons (Fsp3) is 0.400. The van der Waals surface area contributed by atoms with Crippen molar-refractivity contribution in [2.24, 2.45) is 5.73 Å². The van der Waals surface area contributed by atoms with Gasteiger partial charge in [0.15, 0.2) is 0 Å². The van der Waals surface area contributed by atoms with Crippen LogP contribution in [0.25, 0.3) is 0 Å². The SMILES string of the molecule is NCc1[15nH]cc(CCC(=O)O)c1[13CH2][13C](=O)O. The number of hydrogen-bond acceptors (Lipinski definition) is 3. The lowest BCUT2D eigenvalue weighted by atomic mass is 10.1. The minimum atomic E-state index is -0.953. The first kappa shape index (κ1) is 12.3. The van der Waals surface area contributed by atoms with Crippen molar-refractivity contribution in [1.29, 1.82) is 0 Å². The molecular formula is C10H14N2O4. The van der Waals surface area contributed by atoms with E-state index in [0.29, 0.717) is 23.2 Å². The fourth-order valence-corrected chi connectivity index (χ4v) is 1.56. The second kappa shape index (κ2) is 5.32. The normalized spacial score (nSPS) is 10.3. The minimum absolute atomic E-state index is 0.0194. The molecule has 0 unspecified atom stereocenters. The highest BCUT2D eigenvalue weighted by Crippen LogP contribution is 2.16. The molecule has 0 saturated carbocycles. The third-order valence-corrected chi connectivity index (χ3v) is 2.31. The van der Waals surface area contributed by atoms with Crippen LogP contribution in [0.15, 0.2) is 6.20 Å². The highest BCUT2D eigenvalue weighted by Gasteiger charge is 2.14. The number of H-pyrrole nitrogens is 1. The van der Waals surface area contributed by atoms with Crippen molar-refractivity contribution in [3.63, 3.8) is 0 Å². The Morgan fingerprint density at radius 3 is 2.50 bits per heavy atom. The molecule has 1 rings (SSSR count). The molecule has 1 aromatic rings. The van der Waals surface area contributed by atoms with Crippen LogP contribution in [0.2, 0.25) is 0 Å². The summed E-state index contributed by atoms with van der Waals surface area (Å²) >= 11 is 0. The van der Waals surface area contributed by atoms with Gasteiger partial charge in [-0.15, -0.1) is 0 Å². The zero-order valence-electron chi connectivity index (χ0n) is 8.69. The van der Waals surface area contributed by atoms with Gasteiger partial charge in [0.2, 0.25) is 0 Å². The summed E-state index contributed by atoms with van der Waals surface area (Å²) in [6.07, 6.45) is 1.79. The van der Waals surface area contributed by atoms with Crippen molar-refractivity contribution in [2.45, 2.75) is 25.8 Å². The van der Waals surface area contributed by atoms with Crippen LogP contribution in [0.5, 0.6) is 0 Å². The van der Waals surface area contributed by atoms with E-state index in [1.165, 1.54) is 0 Å². The largest absolute Gasteiger partial charge is 0.481 e. The molecule has 0 fully saturated rings. The van der Waals surface area contributed by atoms with Crippen LogP contribution in [-0.2, 0) is 29.0 Å². The van der Waals surface area contributed by atoms with Gasteiger partial charge in [-0.2, -0.15) is 0 Å². The number of carboxylic acids is 2. The van der Waals surface area contributed by atoms with Crippen molar-refractivity contribution in [3.05, 3.63) is 23.0 Å². The molecule has 0 radical (unpaired) electrons. The second-order valence-corrected chi connectivity index (χ2v) is 3.44. The number of aromatic amines is 1. The zero-order chi connectivity index (χ0) is 12.1. The molecule has 0 aliphatic carbocycles. The van der Waals surface area contributed by atoms with Crippen LogP contribution in [0.4, 0.5) is 0 Å². The number of aromatic nitrogens is 1. The van der Waals surface area contributed by atoms with E-state index in [9.17, 15) is 9.59 Å². The summed E-state index contributed by atoms with van der Waals surface area (Å²) in [7, 11) is 0. The van der Waals surface area contributed by atoms with Gasteiger partial charge in [-0.25, -0.2) is 0 Å². The average Bonchev–Trinajstić information content (AvgIpc) is 2.56. The second-order valence-electron chi connectivity index (χ2n) is 3.44. The zero-order valence-corrected chi connectivity index (χ0v) is 8.69. The highest BCUT2D eigenvalue weighted by atomic mass is 16.5. The molecular weight excluding hydrogens is 215 g/mol. The number of carbonyl (C=O) groups is 2. The van der Waals surface area contributed by atoms with Crippen molar-refractivity contribution in [3.8, 4) is 0 Å². The van der Waals surface area contributed by atoms with Gasteiger partial charge in [-0.05, 0) is 17.5 Å². The van der Waals surface area contributed by atoms with E-state index in [1.807, 2.05) is 0 Å². The van der Waals surface area contributed by atoms with E-state index in [2.05, 4.69) is 4.98 Å². The van der Waals surface area contributed by atoms with Gasteiger partial charge < -0.3 is 20.9 Å². The van der Waals surface area contributed by atoms with Crippen molar-refractivity contribution in [2.75, 3.05) is 0 Å². The lowest BCUT2D eigenvalue weighted by molar-refractivity contribution is -0.137. The van der Waals surface area contributed by atoms with Gasteiger partial charge in [0.05, 0.1) is 6.42 Å². The van der Waals surface area contributed by atoms with E-state index in [-0.39, 0.29) is 19.4 Å². The topological polar surface area (TPSA) is 116 Å². The number of aliphatic carboxylic acids is 2. The number of nitrogens with one attached hydrogen (secondary N) is 1. The first-order valence-electron chi connectivity index (χ1n) is 4.86. The van der Waals surface area contributed by atoms with Crippen LogP contribution >= 0.6 is 0 Å². The molecule has 1 heterocycles. The first-order valence-corrected chi connectivity index (χ1v) is 4.86. The number of nitrogens with two attached hydrogens (primary N) is 1. The maximum Gasteiger partial charge on any atom is 0.307 e. The third-order valence-electron chi connectivity index (χ3n) is 2.31. The Labute approximate surface area is 92.1 Å². The van der Waals surface area contributed by atoms with E-state index >= 15 is 0 Å². The summed E-state index contributed by atoms with van der Waals surface area (Å²) in [6, 6.07) is 0. The Hall–Kier alpha value is -1.82. The first-order chi connectivity index (χ1) is 7.54. The molecule has 0 aliphatic rings. The van der Waals surface area contributed by atoms with Gasteiger partial charge >= 0.3 is 11.9 Å². The third kappa shape index (κ3) is 3.09. The van der Waals surface area contributed by atoms with Crippen molar-refractivity contribution < 1.29 is 19.8 Å². The molecule has 0 bridgehead atoms. The van der Waals surface area contributed by atoms with E-state index in [1.54, 1.807) is 6.20 Å². The number of rotatable bonds is 6. The Kier molecular flexibility index (Phi) is 4.07. The van der Waals surface area contributed by atoms with Gasteiger partial charge in [0.25, 0.3) is 0 Å². The van der Waals surface area contributed by atoms with Crippen LogP contribution in [0.1, 0.15) is 23.2 Å². The highest BCUT2D eigenvalue weighted by molar-refractivity contribution is 5.71. The lowest BCUT2D eigenvalue weighted by Gasteiger charge is -2.02. The molecule has 0 atom stereocenters. The van der Waals surface area contributed by atoms with E-state index in [0.717, 1.165) is 0 Å². The predicted molar refractivity (Wildman–Crippen MR) is 56.0 cm³/mol. The summed E-state index contributed by atoms with van der Waals surface area (Å²) in [4.78, 5) is 24.0. The molecule has 0 amide bonds. The van der Waals surface area contributed by atoms with Crippen LogP contribution in [0, 0.1) is 0 Å². The Morgan fingerprint density at radius 1 is 1.31 bits per heavy atom. The molecule has 0 saturated heterocycles. The van der Waals surface area contributed by atoms with Crippen molar-refractivity contribution in [1.82, 2.24) is 4.98 Å². The maximum absolute atomic E-state index is 10.7. The molecule has 1 aromatic heterocycles. The van der Waals surface area contributed by atoms with E-state index < -0.39 is 11.9 Å². The summed E-state index contributed by atoms with van der Waals surface area (Å²) in [5.41, 5.74) is 7.43. The summed E-state index contributed by atoms with van der Waals surface area (Å²) < 4.78 is 0. The van der Waals surface area contributed by atoms with Gasteiger partial charge in [0.1, 0.15) is 0 Å². The number of hydrogen-bond donors (Lipinski definition) is 4. The minimum Gasteiger partial charge on any atom is -0.481 e. The van der Waals surface area contributed by atoms with Crippen LogP contribution in [0.3, 0.4) is 0 Å². The Bertz CT molecular complexity index is 398. The number of carboxylic acid groups (broad SMARTS) is 2. The quantitative estimate of drug-likeness (QED) is 0.517. The van der Waals surface area contributed by atoms with E-state index in [4.69, 9.17) is 15.9 Å². The van der Waals surface area contributed by atoms with Gasteiger partial charge in [0, 0.05) is 24.9 Å². The van der Waals surface area contributed by atoms with Crippen LogP contribution in [-0.4, -0.2) is 27.1 Å². The summed E-state index contributed by atoms with van der Waals surface area (Å²) in [5, 5.41) is 17.3. The van der Waals surface area contributed by atoms with Gasteiger partial charge in [-0.1, -0.05) is 0 Å². The predicted octanol–water partition coefficient (Wildman–Crippen LogP) is 0.118. The number of aryl methyl sites for hydroxylation is 1. The average molecular weight is 229 g/mol. The smallest absolute Gasteiger partial charge is 0.307 e. The monoisotopic (exact) mass is 229 g/mol. The lowest BCUT2D eigenvalue weighted by Crippen LogP contribution is -2.08. The summed E-state index contributed by atoms with van der Waals surface area (Å²) in [5.74, 6) is -1.86. The molecule has 5 N–H and O–H groups in total. The van der Waals surface area contributed by atoms with Gasteiger partial charge in [-0.3, -0.25) is 9.59 Å². The molecule has 6 nitrogen and oxygen atoms in total. The van der Waals surface area contributed by atoms with Crippen molar-refractivity contribution >= 4 is 11.9 Å². The molecule has 6 heteroatoms. The van der Waals surface area contributed by atoms with Crippen LogP contribution < -0.4 is 5.73 Å². The Balaban J connectivity index is 2.86. The molecule has 0 aliphatic heterocycles. The standard InChI is InChI=1S/C10H14N2O4/c11-4-8-7(3-10(15)16)6(5-12-8)1-2-9(13)14/h5,12H,1-4,11H2,(H,13,14)(H,15,16)/i3+1,10+1,12+1. The Morgan fingerprint density at radius 2 is 2.00 bits per heavy atom. The molecule has 0 spiro atoms. The maximum atomic E-state index is 10.7. The molecule has 0 aromatic carbocycles. The fourth-order valence-electron chi connectivity index (χ4n) is 1.56. The molecule has 88 valence electrons.